The zero-order valence-electron chi connectivity index (χ0n) is 13.5. The van der Waals surface area contributed by atoms with E-state index in [1.165, 1.54) is 11.3 Å². The lowest BCUT2D eigenvalue weighted by Crippen LogP contribution is -2.14. The van der Waals surface area contributed by atoms with Crippen LogP contribution in [0.1, 0.15) is 12.8 Å². The lowest BCUT2D eigenvalue weighted by Gasteiger charge is -2.07. The molecular weight excluding hydrogens is 344 g/mol. The molecule has 0 saturated heterocycles. The first-order valence-corrected chi connectivity index (χ1v) is 8.50. The van der Waals surface area contributed by atoms with Gasteiger partial charge in [0.05, 0.1) is 11.5 Å². The van der Waals surface area contributed by atoms with Crippen LogP contribution in [0.2, 0.25) is 0 Å². The third-order valence-corrected chi connectivity index (χ3v) is 3.92. The van der Waals surface area contributed by atoms with E-state index in [9.17, 15) is 4.79 Å². The van der Waals surface area contributed by atoms with Gasteiger partial charge in [0.25, 0.3) is 5.89 Å². The van der Waals surface area contributed by atoms with Gasteiger partial charge in [-0.2, -0.15) is 4.98 Å². The number of esters is 1. The molecule has 0 fully saturated rings. The number of nitrogens with zero attached hydrogens (tertiary/aromatic N) is 2. The number of thiophene rings is 1. The van der Waals surface area contributed by atoms with Crippen LogP contribution in [-0.2, 0) is 16.1 Å². The molecule has 1 aromatic carbocycles. The molecule has 0 N–H and O–H groups in total. The SMILES string of the molecule is CCOc1ccc(OCC(=O)OCc2nc(-c3cccs3)no2)cc1. The maximum absolute atomic E-state index is 11.7. The number of aromatic nitrogens is 2. The molecule has 0 unspecified atom stereocenters. The number of benzene rings is 1. The highest BCUT2D eigenvalue weighted by atomic mass is 32.1. The fourth-order valence-corrected chi connectivity index (χ4v) is 2.59. The number of carbonyl (C=O) groups is 1. The number of rotatable bonds is 8. The van der Waals surface area contributed by atoms with Crippen LogP contribution < -0.4 is 9.47 Å². The van der Waals surface area contributed by atoms with Gasteiger partial charge < -0.3 is 18.7 Å². The molecule has 2 heterocycles. The minimum Gasteiger partial charge on any atom is -0.494 e. The van der Waals surface area contributed by atoms with Gasteiger partial charge in [-0.05, 0) is 42.6 Å². The number of carbonyl (C=O) groups excluding carboxylic acids is 1. The van der Waals surface area contributed by atoms with Crippen LogP contribution in [0, 0.1) is 0 Å². The van der Waals surface area contributed by atoms with Crippen molar-refractivity contribution in [2.75, 3.05) is 13.2 Å². The third kappa shape index (κ3) is 4.80. The first-order valence-electron chi connectivity index (χ1n) is 7.62. The van der Waals surface area contributed by atoms with Crippen molar-refractivity contribution >= 4 is 17.3 Å². The zero-order valence-corrected chi connectivity index (χ0v) is 14.3. The van der Waals surface area contributed by atoms with Crippen molar-refractivity contribution in [3.05, 3.63) is 47.7 Å². The van der Waals surface area contributed by atoms with Crippen LogP contribution in [0.3, 0.4) is 0 Å². The predicted molar refractivity (Wildman–Crippen MR) is 90.5 cm³/mol. The molecule has 8 heteroatoms. The van der Waals surface area contributed by atoms with Crippen LogP contribution in [-0.4, -0.2) is 29.3 Å². The molecule has 0 amide bonds. The molecule has 0 aliphatic carbocycles. The first kappa shape index (κ1) is 17.0. The van der Waals surface area contributed by atoms with Crippen molar-refractivity contribution in [3.63, 3.8) is 0 Å². The molecule has 7 nitrogen and oxygen atoms in total. The molecule has 3 rings (SSSR count). The highest BCUT2D eigenvalue weighted by molar-refractivity contribution is 7.13. The summed E-state index contributed by atoms with van der Waals surface area (Å²) in [6.07, 6.45) is 0. The Hall–Kier alpha value is -2.87. The molecular formula is C17H16N2O5S. The van der Waals surface area contributed by atoms with E-state index in [1.54, 1.807) is 24.3 Å². The fraction of sp³-hybridized carbons (Fsp3) is 0.235. The molecule has 0 aliphatic rings. The van der Waals surface area contributed by atoms with Gasteiger partial charge in [-0.1, -0.05) is 11.2 Å². The van der Waals surface area contributed by atoms with Gasteiger partial charge in [-0.25, -0.2) is 4.79 Å². The van der Waals surface area contributed by atoms with Gasteiger partial charge in [-0.3, -0.25) is 0 Å². The molecule has 2 aromatic heterocycles. The van der Waals surface area contributed by atoms with Gasteiger partial charge in [0.2, 0.25) is 5.82 Å². The fourth-order valence-electron chi connectivity index (χ4n) is 1.94. The lowest BCUT2D eigenvalue weighted by molar-refractivity contribution is -0.148. The van der Waals surface area contributed by atoms with Gasteiger partial charge in [0.15, 0.2) is 13.2 Å². The van der Waals surface area contributed by atoms with Crippen molar-refractivity contribution in [1.82, 2.24) is 10.1 Å². The molecule has 130 valence electrons. The Morgan fingerprint density at radius 1 is 1.16 bits per heavy atom. The van der Waals surface area contributed by atoms with E-state index >= 15 is 0 Å². The summed E-state index contributed by atoms with van der Waals surface area (Å²) in [4.78, 5) is 16.8. The topological polar surface area (TPSA) is 83.7 Å². The van der Waals surface area contributed by atoms with Crippen LogP contribution in [0.4, 0.5) is 0 Å². The monoisotopic (exact) mass is 360 g/mol. The minimum absolute atomic E-state index is 0.0934. The lowest BCUT2D eigenvalue weighted by atomic mass is 10.3. The van der Waals surface area contributed by atoms with E-state index in [4.69, 9.17) is 18.7 Å². The minimum atomic E-state index is -0.523. The average molecular weight is 360 g/mol. The second kappa shape index (κ2) is 8.29. The molecule has 25 heavy (non-hydrogen) atoms. The Morgan fingerprint density at radius 2 is 1.92 bits per heavy atom. The summed E-state index contributed by atoms with van der Waals surface area (Å²) >= 11 is 1.50. The Morgan fingerprint density at radius 3 is 2.60 bits per heavy atom. The Kier molecular flexibility index (Phi) is 5.63. The summed E-state index contributed by atoms with van der Waals surface area (Å²) in [7, 11) is 0. The van der Waals surface area contributed by atoms with Crippen molar-refractivity contribution in [3.8, 4) is 22.2 Å². The molecule has 0 spiro atoms. The van der Waals surface area contributed by atoms with Crippen LogP contribution in [0.15, 0.2) is 46.3 Å². The number of hydrogen-bond donors (Lipinski definition) is 0. The zero-order chi connectivity index (χ0) is 17.5. The molecule has 0 saturated carbocycles. The summed E-state index contributed by atoms with van der Waals surface area (Å²) in [5.74, 6) is 1.49. The average Bonchev–Trinajstić information content (AvgIpc) is 3.31. The standard InChI is InChI=1S/C17H16N2O5S/c1-2-21-12-5-7-13(8-6-12)22-11-16(20)23-10-15-18-17(19-24-15)14-4-3-9-25-14/h3-9H,2,10-11H2,1H3. The molecule has 0 radical (unpaired) electrons. The molecule has 0 aliphatic heterocycles. The van der Waals surface area contributed by atoms with Crippen LogP contribution in [0.5, 0.6) is 11.5 Å². The van der Waals surface area contributed by atoms with E-state index in [0.29, 0.717) is 18.2 Å². The summed E-state index contributed by atoms with van der Waals surface area (Å²) in [5.41, 5.74) is 0. The van der Waals surface area contributed by atoms with E-state index in [2.05, 4.69) is 10.1 Å². The Balaban J connectivity index is 1.43. The van der Waals surface area contributed by atoms with Gasteiger partial charge in [0, 0.05) is 0 Å². The van der Waals surface area contributed by atoms with Crippen LogP contribution in [0.25, 0.3) is 10.7 Å². The van der Waals surface area contributed by atoms with E-state index < -0.39 is 5.97 Å². The predicted octanol–water partition coefficient (Wildman–Crippen LogP) is 3.32. The van der Waals surface area contributed by atoms with Crippen LogP contribution >= 0.6 is 11.3 Å². The van der Waals surface area contributed by atoms with E-state index in [1.807, 2.05) is 24.4 Å². The van der Waals surface area contributed by atoms with E-state index in [-0.39, 0.29) is 19.1 Å². The highest BCUT2D eigenvalue weighted by Crippen LogP contribution is 2.21. The second-order valence-corrected chi connectivity index (χ2v) is 5.79. The maximum Gasteiger partial charge on any atom is 0.344 e. The molecule has 0 atom stereocenters. The first-order chi connectivity index (χ1) is 12.2. The number of ether oxygens (including phenoxy) is 3. The Bertz CT molecular complexity index is 799. The largest absolute Gasteiger partial charge is 0.494 e. The van der Waals surface area contributed by atoms with Crippen molar-refractivity contribution < 1.29 is 23.5 Å². The number of hydrogen-bond acceptors (Lipinski definition) is 8. The van der Waals surface area contributed by atoms with Gasteiger partial charge in [0.1, 0.15) is 11.5 Å². The van der Waals surface area contributed by atoms with Gasteiger partial charge >= 0.3 is 5.97 Å². The Labute approximate surface area is 148 Å². The van der Waals surface area contributed by atoms with E-state index in [0.717, 1.165) is 10.6 Å². The maximum atomic E-state index is 11.7. The summed E-state index contributed by atoms with van der Waals surface area (Å²) in [5, 5.41) is 5.76. The van der Waals surface area contributed by atoms with Crippen molar-refractivity contribution in [2.24, 2.45) is 0 Å². The quantitative estimate of drug-likeness (QED) is 0.570. The molecule has 3 aromatic rings. The molecule has 0 bridgehead atoms. The summed E-state index contributed by atoms with van der Waals surface area (Å²) in [6.45, 7) is 2.20. The normalized spacial score (nSPS) is 10.4. The van der Waals surface area contributed by atoms with Gasteiger partial charge in [-0.15, -0.1) is 11.3 Å². The summed E-state index contributed by atoms with van der Waals surface area (Å²) < 4.78 is 20.8. The van der Waals surface area contributed by atoms with Crippen molar-refractivity contribution in [2.45, 2.75) is 13.5 Å². The summed E-state index contributed by atoms with van der Waals surface area (Å²) in [6, 6.07) is 10.8. The highest BCUT2D eigenvalue weighted by Gasteiger charge is 2.12. The third-order valence-electron chi connectivity index (χ3n) is 3.06. The van der Waals surface area contributed by atoms with Crippen molar-refractivity contribution in [1.29, 1.82) is 0 Å². The second-order valence-electron chi connectivity index (χ2n) is 4.84. The smallest absolute Gasteiger partial charge is 0.344 e.